The third-order valence-electron chi connectivity index (χ3n) is 2.76. The van der Waals surface area contributed by atoms with Crippen LogP contribution in [0.3, 0.4) is 0 Å². The first-order valence-electron chi connectivity index (χ1n) is 5.90. The van der Waals surface area contributed by atoms with Crippen LogP contribution in [0.2, 0.25) is 0 Å². The Kier molecular flexibility index (Phi) is 3.38. The molecule has 1 heterocycles. The molecule has 0 amide bonds. The van der Waals surface area contributed by atoms with Gasteiger partial charge in [-0.1, -0.05) is 6.07 Å². The highest BCUT2D eigenvalue weighted by molar-refractivity contribution is 7.92. The van der Waals surface area contributed by atoms with Crippen LogP contribution < -0.4 is 4.74 Å². The zero-order chi connectivity index (χ0) is 13.4. The zero-order valence-electron chi connectivity index (χ0n) is 10.8. The lowest BCUT2D eigenvalue weighted by molar-refractivity contribution is 0.262. The van der Waals surface area contributed by atoms with Crippen molar-refractivity contribution in [2.24, 2.45) is 0 Å². The van der Waals surface area contributed by atoms with E-state index < -0.39 is 14.6 Å². The molecule has 0 unspecified atom stereocenters. The van der Waals surface area contributed by atoms with Crippen LogP contribution >= 0.6 is 0 Å². The number of epoxide rings is 1. The van der Waals surface area contributed by atoms with Crippen molar-refractivity contribution in [2.75, 3.05) is 13.2 Å². The van der Waals surface area contributed by atoms with Gasteiger partial charge in [-0.25, -0.2) is 8.42 Å². The fourth-order valence-corrected chi connectivity index (χ4v) is 2.67. The summed E-state index contributed by atoms with van der Waals surface area (Å²) >= 11 is 0. The monoisotopic (exact) mass is 270 g/mol. The van der Waals surface area contributed by atoms with Gasteiger partial charge in [0.15, 0.2) is 9.84 Å². The van der Waals surface area contributed by atoms with Crippen LogP contribution in [0.15, 0.2) is 29.2 Å². The summed E-state index contributed by atoms with van der Waals surface area (Å²) in [5.74, 6) is 0.566. The van der Waals surface area contributed by atoms with Crippen molar-refractivity contribution < 1.29 is 17.9 Å². The Morgan fingerprint density at radius 2 is 2.06 bits per heavy atom. The SMILES string of the molecule is CC(C)(C)S(=O)(=O)c1cccc(OC[C@@H]2CO2)c1. The molecule has 1 aliphatic heterocycles. The fraction of sp³-hybridized carbons (Fsp3) is 0.538. The van der Waals surface area contributed by atoms with Crippen molar-refractivity contribution in [3.05, 3.63) is 24.3 Å². The number of sulfone groups is 1. The summed E-state index contributed by atoms with van der Waals surface area (Å²) in [6.45, 7) is 6.26. The average Bonchev–Trinajstić information content (AvgIpc) is 3.09. The van der Waals surface area contributed by atoms with Gasteiger partial charge in [-0.2, -0.15) is 0 Å². The van der Waals surface area contributed by atoms with Crippen molar-refractivity contribution >= 4 is 9.84 Å². The molecular weight excluding hydrogens is 252 g/mol. The fourth-order valence-electron chi connectivity index (χ4n) is 1.44. The number of rotatable bonds is 4. The molecule has 1 saturated heterocycles. The van der Waals surface area contributed by atoms with E-state index in [0.29, 0.717) is 17.3 Å². The van der Waals surface area contributed by atoms with Crippen molar-refractivity contribution in [1.29, 1.82) is 0 Å². The molecule has 18 heavy (non-hydrogen) atoms. The van der Waals surface area contributed by atoms with Crippen molar-refractivity contribution in [2.45, 2.75) is 36.5 Å². The van der Waals surface area contributed by atoms with E-state index in [1.54, 1.807) is 45.0 Å². The maximum Gasteiger partial charge on any atom is 0.183 e. The second-order valence-corrected chi connectivity index (χ2v) is 8.06. The Morgan fingerprint density at radius 1 is 1.39 bits per heavy atom. The van der Waals surface area contributed by atoms with Crippen LogP contribution in [0.5, 0.6) is 5.75 Å². The molecule has 1 aromatic rings. The molecule has 1 atom stereocenters. The molecule has 0 spiro atoms. The molecule has 0 saturated carbocycles. The van der Waals surface area contributed by atoms with Gasteiger partial charge in [0.05, 0.1) is 16.2 Å². The molecule has 0 N–H and O–H groups in total. The zero-order valence-corrected chi connectivity index (χ0v) is 11.7. The summed E-state index contributed by atoms with van der Waals surface area (Å²) in [4.78, 5) is 0.296. The molecule has 0 aliphatic carbocycles. The topological polar surface area (TPSA) is 55.9 Å². The van der Waals surface area contributed by atoms with Crippen molar-refractivity contribution in [1.82, 2.24) is 0 Å². The first kappa shape index (κ1) is 13.4. The smallest absolute Gasteiger partial charge is 0.183 e. The second-order valence-electron chi connectivity index (χ2n) is 5.36. The van der Waals surface area contributed by atoms with E-state index in [-0.39, 0.29) is 6.10 Å². The number of benzene rings is 1. The largest absolute Gasteiger partial charge is 0.491 e. The highest BCUT2D eigenvalue weighted by Crippen LogP contribution is 2.27. The summed E-state index contributed by atoms with van der Waals surface area (Å²) < 4.78 is 34.3. The van der Waals surface area contributed by atoms with Gasteiger partial charge >= 0.3 is 0 Å². The predicted octanol–water partition coefficient (Wildman–Crippen LogP) is 2.04. The first-order chi connectivity index (χ1) is 8.30. The lowest BCUT2D eigenvalue weighted by Gasteiger charge is -2.19. The van der Waals surface area contributed by atoms with E-state index in [0.717, 1.165) is 6.61 Å². The lowest BCUT2D eigenvalue weighted by Crippen LogP contribution is -2.27. The molecule has 0 bridgehead atoms. The van der Waals surface area contributed by atoms with E-state index >= 15 is 0 Å². The Hall–Kier alpha value is -1.07. The third kappa shape index (κ3) is 2.84. The maximum atomic E-state index is 12.3. The molecule has 100 valence electrons. The van der Waals surface area contributed by atoms with Gasteiger partial charge in [0.2, 0.25) is 0 Å². The summed E-state index contributed by atoms with van der Waals surface area (Å²) in [6.07, 6.45) is 0.160. The van der Waals surface area contributed by atoms with E-state index in [2.05, 4.69) is 0 Å². The molecule has 2 rings (SSSR count). The Bertz CT molecular complexity index is 524. The van der Waals surface area contributed by atoms with Gasteiger partial charge in [0.25, 0.3) is 0 Å². The van der Waals surface area contributed by atoms with E-state index in [4.69, 9.17) is 9.47 Å². The van der Waals surface area contributed by atoms with Crippen LogP contribution in [0.4, 0.5) is 0 Å². The highest BCUT2D eigenvalue weighted by atomic mass is 32.2. The Labute approximate surface area is 108 Å². The summed E-state index contributed by atoms with van der Waals surface area (Å²) in [7, 11) is -3.33. The molecular formula is C13H18O4S. The predicted molar refractivity (Wildman–Crippen MR) is 68.6 cm³/mol. The lowest BCUT2D eigenvalue weighted by atomic mass is 10.3. The van der Waals surface area contributed by atoms with Crippen LogP contribution in [0, 0.1) is 0 Å². The number of hydrogen-bond acceptors (Lipinski definition) is 4. The van der Waals surface area contributed by atoms with Crippen LogP contribution in [-0.4, -0.2) is 32.5 Å². The molecule has 1 aliphatic rings. The minimum atomic E-state index is -3.33. The first-order valence-corrected chi connectivity index (χ1v) is 7.38. The van der Waals surface area contributed by atoms with Crippen LogP contribution in [0.25, 0.3) is 0 Å². The highest BCUT2D eigenvalue weighted by Gasteiger charge is 2.31. The van der Waals surface area contributed by atoms with E-state index in [1.807, 2.05) is 0 Å². The van der Waals surface area contributed by atoms with Gasteiger partial charge in [-0.05, 0) is 39.0 Å². The Morgan fingerprint density at radius 3 is 2.61 bits per heavy atom. The summed E-state index contributed by atoms with van der Waals surface area (Å²) in [5.41, 5.74) is 0. The second kappa shape index (κ2) is 4.55. The normalized spacial score (nSPS) is 19.6. The number of hydrogen-bond donors (Lipinski definition) is 0. The van der Waals surface area contributed by atoms with Gasteiger partial charge in [0, 0.05) is 0 Å². The summed E-state index contributed by atoms with van der Waals surface area (Å²) in [5, 5.41) is 0. The maximum absolute atomic E-state index is 12.3. The molecule has 0 radical (unpaired) electrons. The number of ether oxygens (including phenoxy) is 2. The van der Waals surface area contributed by atoms with Crippen LogP contribution in [0.1, 0.15) is 20.8 Å². The quantitative estimate of drug-likeness (QED) is 0.786. The average molecular weight is 270 g/mol. The Balaban J connectivity index is 2.20. The molecule has 5 heteroatoms. The third-order valence-corrected chi connectivity index (χ3v) is 5.25. The van der Waals surface area contributed by atoms with Gasteiger partial charge in [-0.3, -0.25) is 0 Å². The van der Waals surface area contributed by atoms with Gasteiger partial charge in [-0.15, -0.1) is 0 Å². The molecule has 1 fully saturated rings. The standard InChI is InChI=1S/C13H18O4S/c1-13(2,3)18(14,15)12-6-4-5-10(7-12)16-8-11-9-17-11/h4-7,11H,8-9H2,1-3H3/t11-/m1/s1. The minimum absolute atomic E-state index is 0.160. The van der Waals surface area contributed by atoms with Crippen molar-refractivity contribution in [3.63, 3.8) is 0 Å². The van der Waals surface area contributed by atoms with Crippen LogP contribution in [-0.2, 0) is 14.6 Å². The van der Waals surface area contributed by atoms with Gasteiger partial charge < -0.3 is 9.47 Å². The minimum Gasteiger partial charge on any atom is -0.491 e. The molecule has 1 aromatic carbocycles. The molecule has 4 nitrogen and oxygen atoms in total. The molecule has 0 aromatic heterocycles. The van der Waals surface area contributed by atoms with E-state index in [9.17, 15) is 8.42 Å². The van der Waals surface area contributed by atoms with Gasteiger partial charge in [0.1, 0.15) is 18.5 Å². The van der Waals surface area contributed by atoms with E-state index in [1.165, 1.54) is 0 Å². The summed E-state index contributed by atoms with van der Waals surface area (Å²) in [6, 6.07) is 6.62. The van der Waals surface area contributed by atoms with Crippen molar-refractivity contribution in [3.8, 4) is 5.75 Å².